The van der Waals surface area contributed by atoms with Crippen molar-refractivity contribution in [2.75, 3.05) is 18.5 Å². The quantitative estimate of drug-likeness (QED) is 0.612. The van der Waals surface area contributed by atoms with Crippen LogP contribution in [-0.2, 0) is 0 Å². The summed E-state index contributed by atoms with van der Waals surface area (Å²) < 4.78 is 1.94. The summed E-state index contributed by atoms with van der Waals surface area (Å²) in [4.78, 5) is 9.96. The largest absolute Gasteiger partial charge is 0.324 e. The first kappa shape index (κ1) is 9.71. The number of benzene rings is 1. The van der Waals surface area contributed by atoms with Crippen molar-refractivity contribution in [2.24, 2.45) is 5.18 Å². The molecular weight excluding hydrogens is 190 g/mol. The van der Waals surface area contributed by atoms with Gasteiger partial charge in [-0.3, -0.25) is 4.68 Å². The number of aromatic nitrogens is 1. The summed E-state index contributed by atoms with van der Waals surface area (Å²) in [5.74, 6) is 0. The van der Waals surface area contributed by atoms with Crippen LogP contribution in [0, 0.1) is 11.8 Å². The maximum Gasteiger partial charge on any atom is 0.0999 e. The van der Waals surface area contributed by atoms with Gasteiger partial charge in [0.2, 0.25) is 0 Å². The first-order valence-corrected chi connectivity index (χ1v) is 4.92. The Morgan fingerprint density at radius 2 is 2.20 bits per heavy atom. The van der Waals surface area contributed by atoms with E-state index < -0.39 is 0 Å². The monoisotopic (exact) mass is 203 g/mol. The molecule has 0 bridgehead atoms. The van der Waals surface area contributed by atoms with Gasteiger partial charge in [0.25, 0.3) is 0 Å². The summed E-state index contributed by atoms with van der Waals surface area (Å²) in [6, 6.07) is 8.15. The molecule has 4 heteroatoms. The molecule has 0 unspecified atom stereocenters. The Balaban J connectivity index is 2.31. The van der Waals surface area contributed by atoms with Crippen molar-refractivity contribution in [1.82, 2.24) is 4.68 Å². The first-order chi connectivity index (χ1) is 7.33. The van der Waals surface area contributed by atoms with E-state index in [1.807, 2.05) is 29.1 Å². The first-order valence-electron chi connectivity index (χ1n) is 4.92. The Morgan fingerprint density at radius 3 is 3.00 bits per heavy atom. The van der Waals surface area contributed by atoms with E-state index in [2.05, 4.69) is 23.6 Å². The summed E-state index contributed by atoms with van der Waals surface area (Å²) in [6.45, 7) is 2.91. The lowest BCUT2D eigenvalue weighted by Gasteiger charge is -2.06. The molecule has 0 atom stereocenters. The molecule has 78 valence electrons. The fraction of sp³-hybridized carbons (Fsp3) is 0.273. The molecule has 1 N–H and O–H groups in total. The molecule has 0 saturated carbocycles. The van der Waals surface area contributed by atoms with E-state index in [1.54, 1.807) is 0 Å². The fourth-order valence-corrected chi connectivity index (χ4v) is 1.70. The van der Waals surface area contributed by atoms with Crippen LogP contribution >= 0.6 is 0 Å². The predicted octanol–water partition coefficient (Wildman–Crippen LogP) is 2.26. The van der Waals surface area contributed by atoms with Crippen LogP contribution in [0.25, 0.3) is 10.9 Å². The number of nitroso groups, excluding NO2 is 1. The van der Waals surface area contributed by atoms with Gasteiger partial charge >= 0.3 is 0 Å². The summed E-state index contributed by atoms with van der Waals surface area (Å²) in [7, 11) is 0. The van der Waals surface area contributed by atoms with Crippen LogP contribution in [0.5, 0.6) is 0 Å². The normalized spacial score (nSPS) is 10.5. The highest BCUT2D eigenvalue weighted by molar-refractivity contribution is 5.83. The van der Waals surface area contributed by atoms with Crippen molar-refractivity contribution < 1.29 is 0 Å². The minimum Gasteiger partial charge on any atom is -0.324 e. The third kappa shape index (κ3) is 1.83. The smallest absolute Gasteiger partial charge is 0.0999 e. The average Bonchev–Trinajstić information content (AvgIpc) is 2.58. The second-order valence-electron chi connectivity index (χ2n) is 3.46. The molecule has 0 aliphatic carbocycles. The molecule has 0 saturated heterocycles. The highest BCUT2D eigenvalue weighted by Crippen LogP contribution is 2.18. The van der Waals surface area contributed by atoms with Crippen LogP contribution in [0.1, 0.15) is 5.56 Å². The van der Waals surface area contributed by atoms with Crippen LogP contribution < -0.4 is 5.43 Å². The molecule has 0 spiro atoms. The topological polar surface area (TPSA) is 46.4 Å². The van der Waals surface area contributed by atoms with Gasteiger partial charge < -0.3 is 5.43 Å². The molecule has 1 aromatic heterocycles. The van der Waals surface area contributed by atoms with E-state index in [4.69, 9.17) is 0 Å². The van der Waals surface area contributed by atoms with E-state index in [1.165, 1.54) is 10.9 Å². The Kier molecular flexibility index (Phi) is 2.67. The van der Waals surface area contributed by atoms with Crippen molar-refractivity contribution in [1.29, 1.82) is 0 Å². The van der Waals surface area contributed by atoms with Gasteiger partial charge in [-0.15, -0.1) is 0 Å². The number of hydrogen-bond donors (Lipinski definition) is 1. The molecule has 0 radical (unpaired) electrons. The van der Waals surface area contributed by atoms with Crippen molar-refractivity contribution in [3.8, 4) is 0 Å². The summed E-state index contributed by atoms with van der Waals surface area (Å²) in [6.07, 6.45) is 2.02. The Labute approximate surface area is 87.8 Å². The SMILES string of the molecule is Cc1cn(NCCN=O)c2ccccc12. The van der Waals surface area contributed by atoms with Gasteiger partial charge in [0.15, 0.2) is 0 Å². The van der Waals surface area contributed by atoms with Crippen molar-refractivity contribution >= 4 is 10.9 Å². The van der Waals surface area contributed by atoms with Gasteiger partial charge in [-0.25, -0.2) is 0 Å². The van der Waals surface area contributed by atoms with Crippen LogP contribution in [0.3, 0.4) is 0 Å². The molecule has 15 heavy (non-hydrogen) atoms. The van der Waals surface area contributed by atoms with Gasteiger partial charge in [0.05, 0.1) is 18.6 Å². The lowest BCUT2D eigenvalue weighted by atomic mass is 10.2. The molecule has 0 fully saturated rings. The number of rotatable bonds is 4. The summed E-state index contributed by atoms with van der Waals surface area (Å²) >= 11 is 0. The van der Waals surface area contributed by atoms with Gasteiger partial charge in [-0.1, -0.05) is 23.4 Å². The van der Waals surface area contributed by atoms with E-state index >= 15 is 0 Å². The summed E-state index contributed by atoms with van der Waals surface area (Å²) in [5, 5.41) is 4.04. The molecule has 1 heterocycles. The number of para-hydroxylation sites is 1. The zero-order chi connectivity index (χ0) is 10.7. The number of nitrogens with one attached hydrogen (secondary N) is 1. The zero-order valence-electron chi connectivity index (χ0n) is 8.60. The van der Waals surface area contributed by atoms with Crippen LogP contribution in [-0.4, -0.2) is 17.8 Å². The van der Waals surface area contributed by atoms with Gasteiger partial charge in [0, 0.05) is 11.6 Å². The van der Waals surface area contributed by atoms with E-state index in [0.717, 1.165) is 5.52 Å². The molecule has 2 rings (SSSR count). The lowest BCUT2D eigenvalue weighted by Crippen LogP contribution is -2.16. The van der Waals surface area contributed by atoms with Gasteiger partial charge in [-0.2, -0.15) is 4.91 Å². The minimum atomic E-state index is 0.283. The van der Waals surface area contributed by atoms with Crippen molar-refractivity contribution in [3.63, 3.8) is 0 Å². The minimum absolute atomic E-state index is 0.283. The molecular formula is C11H13N3O. The molecule has 0 amide bonds. The molecule has 1 aromatic carbocycles. The zero-order valence-corrected chi connectivity index (χ0v) is 8.60. The van der Waals surface area contributed by atoms with E-state index in [-0.39, 0.29) is 6.54 Å². The molecule has 0 aliphatic rings. The second-order valence-corrected chi connectivity index (χ2v) is 3.46. The van der Waals surface area contributed by atoms with Crippen LogP contribution in [0.4, 0.5) is 0 Å². The molecule has 4 nitrogen and oxygen atoms in total. The Morgan fingerprint density at radius 1 is 1.40 bits per heavy atom. The number of fused-ring (bicyclic) bond motifs is 1. The van der Waals surface area contributed by atoms with Crippen molar-refractivity contribution in [2.45, 2.75) is 6.92 Å². The lowest BCUT2D eigenvalue weighted by molar-refractivity contribution is 0.851. The third-order valence-corrected chi connectivity index (χ3v) is 2.40. The standard InChI is InChI=1S/C11H13N3O/c1-9-8-14(12-6-7-13-15)11-5-3-2-4-10(9)11/h2-5,8,12H,6-7H2,1H3. The van der Waals surface area contributed by atoms with Crippen LogP contribution in [0.15, 0.2) is 35.6 Å². The van der Waals surface area contributed by atoms with E-state index in [0.29, 0.717) is 6.54 Å². The second kappa shape index (κ2) is 4.13. The molecule has 2 aromatic rings. The van der Waals surface area contributed by atoms with Crippen molar-refractivity contribution in [3.05, 3.63) is 40.9 Å². The third-order valence-electron chi connectivity index (χ3n) is 2.40. The maximum atomic E-state index is 9.96. The Hall–Kier alpha value is -1.84. The highest BCUT2D eigenvalue weighted by atomic mass is 16.3. The number of aryl methyl sites for hydroxylation is 1. The highest BCUT2D eigenvalue weighted by Gasteiger charge is 2.02. The van der Waals surface area contributed by atoms with Crippen LogP contribution in [0.2, 0.25) is 0 Å². The van der Waals surface area contributed by atoms with Gasteiger partial charge in [-0.05, 0) is 18.6 Å². The van der Waals surface area contributed by atoms with E-state index in [9.17, 15) is 4.91 Å². The average molecular weight is 203 g/mol. The Bertz CT molecular complexity index is 476. The maximum absolute atomic E-state index is 9.96. The predicted molar refractivity (Wildman–Crippen MR) is 61.6 cm³/mol. The van der Waals surface area contributed by atoms with Gasteiger partial charge in [0.1, 0.15) is 0 Å². The number of nitrogens with zero attached hydrogens (tertiary/aromatic N) is 2. The fourth-order valence-electron chi connectivity index (χ4n) is 1.70. The summed E-state index contributed by atoms with van der Waals surface area (Å²) in [5.41, 5.74) is 5.48. The number of hydrogen-bond acceptors (Lipinski definition) is 3. The molecule has 0 aliphatic heterocycles.